The zero-order chi connectivity index (χ0) is 49.5. The highest BCUT2D eigenvalue weighted by Gasteiger charge is 2.20. The van der Waals surface area contributed by atoms with Crippen LogP contribution in [0.5, 0.6) is 23.0 Å². The summed E-state index contributed by atoms with van der Waals surface area (Å²) in [5.74, 6) is 4.52. The van der Waals surface area contributed by atoms with E-state index in [2.05, 4.69) is 55.8 Å². The smallest absolute Gasteiger partial charge is 0.140 e. The van der Waals surface area contributed by atoms with Gasteiger partial charge in [-0.05, 0) is 134 Å². The molecule has 0 bridgehead atoms. The molecular weight excluding hydrogens is 932 g/mol. The number of aromatic nitrogens is 4. The number of likely N-dealkylation sites (N-methyl/N-ethyl adjacent to an activating group) is 2. The SMILES string of the molecule is COc1cccc(-c2nc(-c3ccc(OCCCN4CCCN(C)CC4)cc3Cl)[nH]c2-c2cccc(OC)c2)c1.Cc1[nH]c(-c2ccc(OCCCN3CCCN(C)CC3)c(Cl)c2)nc1-c1ccccc1. The van der Waals surface area contributed by atoms with Gasteiger partial charge in [0.15, 0.2) is 0 Å². The van der Waals surface area contributed by atoms with Crippen LogP contribution in [0.4, 0.5) is 0 Å². The number of halogens is 2. The second-order valence-electron chi connectivity index (χ2n) is 18.4. The van der Waals surface area contributed by atoms with Crippen molar-refractivity contribution in [3.8, 4) is 79.5 Å². The lowest BCUT2D eigenvalue weighted by Crippen LogP contribution is -2.30. The molecule has 4 heterocycles. The van der Waals surface area contributed by atoms with E-state index in [0.29, 0.717) is 29.1 Å². The van der Waals surface area contributed by atoms with E-state index >= 15 is 0 Å². The average molecular weight is 1000 g/mol. The molecule has 0 atom stereocenters. The first kappa shape index (κ1) is 51.5. The third-order valence-corrected chi connectivity index (χ3v) is 13.7. The largest absolute Gasteiger partial charge is 0.497 e. The lowest BCUT2D eigenvalue weighted by molar-refractivity contribution is 0.237. The Balaban J connectivity index is 0.000000197. The van der Waals surface area contributed by atoms with Gasteiger partial charge in [0.25, 0.3) is 0 Å². The minimum atomic E-state index is 0.580. The fourth-order valence-electron chi connectivity index (χ4n) is 9.08. The van der Waals surface area contributed by atoms with Gasteiger partial charge in [-0.25, -0.2) is 9.97 Å². The Kier molecular flexibility index (Phi) is 18.5. The number of aromatic amines is 2. The monoisotopic (exact) mass is 998 g/mol. The summed E-state index contributed by atoms with van der Waals surface area (Å²) in [6, 6.07) is 37.7. The van der Waals surface area contributed by atoms with Crippen LogP contribution in [-0.2, 0) is 0 Å². The van der Waals surface area contributed by atoms with E-state index in [0.717, 1.165) is 138 Å². The van der Waals surface area contributed by atoms with E-state index in [-0.39, 0.29) is 0 Å². The molecule has 2 aromatic heterocycles. The molecule has 2 saturated heterocycles. The summed E-state index contributed by atoms with van der Waals surface area (Å²) in [5.41, 5.74) is 8.44. The fraction of sp³-hybridized carbons (Fsp3) is 0.368. The first-order valence-corrected chi connectivity index (χ1v) is 25.6. The number of nitrogens with one attached hydrogen (secondary N) is 2. The van der Waals surface area contributed by atoms with Gasteiger partial charge in [-0.15, -0.1) is 0 Å². The number of nitrogens with zero attached hydrogens (tertiary/aromatic N) is 6. The highest BCUT2D eigenvalue weighted by molar-refractivity contribution is 6.33. The van der Waals surface area contributed by atoms with Crippen molar-refractivity contribution in [1.82, 2.24) is 39.5 Å². The summed E-state index contributed by atoms with van der Waals surface area (Å²) in [6.07, 6.45) is 4.44. The van der Waals surface area contributed by atoms with Crippen LogP contribution in [0.1, 0.15) is 31.4 Å². The highest BCUT2D eigenvalue weighted by atomic mass is 35.5. The molecule has 71 heavy (non-hydrogen) atoms. The second kappa shape index (κ2) is 25.5. The Morgan fingerprint density at radius 2 is 1.14 bits per heavy atom. The summed E-state index contributed by atoms with van der Waals surface area (Å²) in [7, 11) is 7.72. The highest BCUT2D eigenvalue weighted by Crippen LogP contribution is 2.38. The second-order valence-corrected chi connectivity index (χ2v) is 19.2. The van der Waals surface area contributed by atoms with Gasteiger partial charge in [0.1, 0.15) is 34.6 Å². The molecule has 0 aliphatic carbocycles. The third-order valence-electron chi connectivity index (χ3n) is 13.1. The van der Waals surface area contributed by atoms with Gasteiger partial charge in [0.05, 0.1) is 54.6 Å². The van der Waals surface area contributed by atoms with Gasteiger partial charge in [0.2, 0.25) is 0 Å². The predicted molar refractivity (Wildman–Crippen MR) is 290 cm³/mol. The Morgan fingerprint density at radius 1 is 0.521 bits per heavy atom. The van der Waals surface area contributed by atoms with Crippen molar-refractivity contribution in [3.05, 3.63) is 131 Å². The average Bonchev–Trinajstić information content (AvgIpc) is 3.87. The van der Waals surface area contributed by atoms with E-state index in [4.69, 9.17) is 52.1 Å². The summed E-state index contributed by atoms with van der Waals surface area (Å²) >= 11 is 13.3. The number of methoxy groups -OCH3 is 2. The van der Waals surface area contributed by atoms with Gasteiger partial charge >= 0.3 is 0 Å². The van der Waals surface area contributed by atoms with Gasteiger partial charge in [-0.2, -0.15) is 0 Å². The zero-order valence-electron chi connectivity index (χ0n) is 41.9. The van der Waals surface area contributed by atoms with Crippen LogP contribution < -0.4 is 18.9 Å². The summed E-state index contributed by atoms with van der Waals surface area (Å²) in [5, 5.41) is 1.19. The van der Waals surface area contributed by atoms with Crippen molar-refractivity contribution in [2.24, 2.45) is 0 Å². The molecular formula is C57H68Cl2N8O4. The Morgan fingerprint density at radius 3 is 1.79 bits per heavy atom. The maximum absolute atomic E-state index is 6.79. The van der Waals surface area contributed by atoms with E-state index in [1.807, 2.05) is 110 Å². The van der Waals surface area contributed by atoms with Crippen LogP contribution in [0.25, 0.3) is 56.5 Å². The molecule has 0 radical (unpaired) electrons. The first-order chi connectivity index (χ1) is 34.6. The molecule has 5 aromatic carbocycles. The topological polar surface area (TPSA) is 107 Å². The van der Waals surface area contributed by atoms with E-state index < -0.39 is 0 Å². The molecule has 2 N–H and O–H groups in total. The summed E-state index contributed by atoms with van der Waals surface area (Å²) < 4.78 is 23.0. The van der Waals surface area contributed by atoms with Gasteiger partial charge in [-0.3, -0.25) is 0 Å². The Hall–Kier alpha value is -5.86. The van der Waals surface area contributed by atoms with Gasteiger partial charge in [0, 0.05) is 72.8 Å². The summed E-state index contributed by atoms with van der Waals surface area (Å²) in [4.78, 5) is 26.6. The van der Waals surface area contributed by atoms with Crippen molar-refractivity contribution >= 4 is 23.2 Å². The molecule has 0 amide bonds. The maximum atomic E-state index is 6.79. The number of benzene rings is 5. The van der Waals surface area contributed by atoms with Crippen LogP contribution >= 0.6 is 23.2 Å². The minimum absolute atomic E-state index is 0.580. The third kappa shape index (κ3) is 14.2. The van der Waals surface area contributed by atoms with Crippen LogP contribution in [0.3, 0.4) is 0 Å². The zero-order valence-corrected chi connectivity index (χ0v) is 43.4. The molecule has 2 fully saturated rings. The van der Waals surface area contributed by atoms with E-state index in [1.54, 1.807) is 14.2 Å². The molecule has 2 aliphatic rings. The van der Waals surface area contributed by atoms with Crippen molar-refractivity contribution in [1.29, 1.82) is 0 Å². The van der Waals surface area contributed by atoms with Crippen molar-refractivity contribution in [3.63, 3.8) is 0 Å². The van der Waals surface area contributed by atoms with Crippen molar-refractivity contribution in [2.45, 2.75) is 32.6 Å². The molecule has 14 heteroatoms. The number of hydrogen-bond acceptors (Lipinski definition) is 10. The van der Waals surface area contributed by atoms with Gasteiger partial charge < -0.3 is 48.5 Å². The number of rotatable bonds is 17. The fourth-order valence-corrected chi connectivity index (χ4v) is 9.58. The molecule has 2 aliphatic heterocycles. The minimum Gasteiger partial charge on any atom is -0.497 e. The van der Waals surface area contributed by atoms with Crippen LogP contribution in [0, 0.1) is 6.92 Å². The number of imidazole rings is 2. The molecule has 0 unspecified atom stereocenters. The van der Waals surface area contributed by atoms with E-state index in [1.165, 1.54) is 32.5 Å². The normalized spacial score (nSPS) is 15.1. The number of H-pyrrole nitrogens is 2. The van der Waals surface area contributed by atoms with Crippen molar-refractivity contribution < 1.29 is 18.9 Å². The quantitative estimate of drug-likeness (QED) is 0.0857. The molecule has 7 aromatic rings. The molecule has 0 spiro atoms. The molecule has 9 rings (SSSR count). The van der Waals surface area contributed by atoms with Crippen LogP contribution in [-0.4, -0.2) is 147 Å². The standard InChI is InChI=1S/C32H37ClN4O3.C25H31ClN4O/c1-36-14-6-15-37(18-17-36)16-7-19-40-27-12-13-28(29(33)22-27)32-34-30(23-8-4-10-25(20-23)38-2)31(35-32)24-9-5-11-26(21-24)39-3;1-19-24(20-8-4-3-5-9-20)28-25(27-19)21-10-11-23(22(26)18-21)31-17-7-14-30-13-6-12-29(2)15-16-30/h4-5,8-13,20-22H,6-7,14-19H2,1-3H3,(H,34,35);3-5,8-11,18H,6-7,12-17H2,1-2H3,(H,27,28). The Bertz CT molecular complexity index is 2720. The maximum Gasteiger partial charge on any atom is 0.140 e. The first-order valence-electron chi connectivity index (χ1n) is 24.8. The lowest BCUT2D eigenvalue weighted by Gasteiger charge is -2.20. The number of aryl methyl sites for hydroxylation is 1. The number of hydrogen-bond donors (Lipinski definition) is 2. The van der Waals surface area contributed by atoms with Crippen LogP contribution in [0.15, 0.2) is 115 Å². The lowest BCUT2D eigenvalue weighted by atomic mass is 10.0. The van der Waals surface area contributed by atoms with Crippen LogP contribution in [0.2, 0.25) is 10.0 Å². The molecule has 12 nitrogen and oxygen atoms in total. The number of ether oxygens (including phenoxy) is 4. The predicted octanol–water partition coefficient (Wildman–Crippen LogP) is 11.6. The van der Waals surface area contributed by atoms with Crippen molar-refractivity contribution in [2.75, 3.05) is 107 Å². The molecule has 374 valence electrons. The van der Waals surface area contributed by atoms with Gasteiger partial charge in [-0.1, -0.05) is 77.8 Å². The molecule has 0 saturated carbocycles. The van der Waals surface area contributed by atoms with E-state index in [9.17, 15) is 0 Å². The summed E-state index contributed by atoms with van der Waals surface area (Å²) in [6.45, 7) is 14.7. The Labute approximate surface area is 429 Å².